The van der Waals surface area contributed by atoms with E-state index in [9.17, 15) is 4.79 Å². The van der Waals surface area contributed by atoms with Crippen LogP contribution in [0.2, 0.25) is 5.02 Å². The van der Waals surface area contributed by atoms with Gasteiger partial charge < -0.3 is 11.1 Å². The van der Waals surface area contributed by atoms with Gasteiger partial charge in [0.1, 0.15) is 0 Å². The van der Waals surface area contributed by atoms with Gasteiger partial charge in [0.2, 0.25) is 0 Å². The third kappa shape index (κ3) is 4.68. The lowest BCUT2D eigenvalue weighted by atomic mass is 10.0. The van der Waals surface area contributed by atoms with E-state index in [1.54, 1.807) is 6.07 Å². The number of rotatable bonds is 6. The molecule has 1 amide bonds. The van der Waals surface area contributed by atoms with Crippen LogP contribution in [0.15, 0.2) is 72.8 Å². The average molecular weight is 445 g/mol. The van der Waals surface area contributed by atoms with Crippen LogP contribution in [0.1, 0.15) is 38.4 Å². The lowest BCUT2D eigenvalue weighted by Crippen LogP contribution is -2.22. The molecular weight excluding hydrogens is 420 g/mol. The fraction of sp³-hybridized carbons (Fsp3) is 0.154. The molecule has 1 aromatic heterocycles. The molecule has 162 valence electrons. The van der Waals surface area contributed by atoms with Crippen molar-refractivity contribution in [1.82, 2.24) is 15.1 Å². The quantitative estimate of drug-likeness (QED) is 0.399. The number of anilines is 1. The predicted molar refractivity (Wildman–Crippen MR) is 129 cm³/mol. The van der Waals surface area contributed by atoms with Crippen molar-refractivity contribution < 1.29 is 4.79 Å². The first kappa shape index (κ1) is 21.7. The van der Waals surface area contributed by atoms with Crippen LogP contribution in [-0.4, -0.2) is 15.7 Å². The zero-order valence-electron chi connectivity index (χ0n) is 18.1. The molecule has 0 saturated heterocycles. The number of halogens is 1. The van der Waals surface area contributed by atoms with Crippen molar-refractivity contribution in [3.8, 4) is 5.69 Å². The molecule has 0 saturated carbocycles. The summed E-state index contributed by atoms with van der Waals surface area (Å²) < 4.78 is 1.88. The van der Waals surface area contributed by atoms with E-state index < -0.39 is 0 Å². The summed E-state index contributed by atoms with van der Waals surface area (Å²) in [5, 5.41) is 8.20. The Bertz CT molecular complexity index is 1260. The number of benzene rings is 3. The van der Waals surface area contributed by atoms with Gasteiger partial charge in [-0.05, 0) is 55.3 Å². The molecule has 3 N–H and O–H groups in total. The van der Waals surface area contributed by atoms with Crippen molar-refractivity contribution in [1.29, 1.82) is 0 Å². The maximum atomic E-state index is 12.7. The number of carbonyl (C=O) groups is 1. The van der Waals surface area contributed by atoms with Crippen LogP contribution in [0, 0.1) is 13.8 Å². The van der Waals surface area contributed by atoms with Gasteiger partial charge in [0.25, 0.3) is 5.91 Å². The fourth-order valence-corrected chi connectivity index (χ4v) is 3.91. The largest absolute Gasteiger partial charge is 0.398 e. The van der Waals surface area contributed by atoms with Crippen molar-refractivity contribution in [3.63, 3.8) is 0 Å². The molecule has 6 heteroatoms. The van der Waals surface area contributed by atoms with Crippen molar-refractivity contribution in [2.24, 2.45) is 0 Å². The number of nitrogens with two attached hydrogens (primary N) is 1. The molecule has 32 heavy (non-hydrogen) atoms. The summed E-state index contributed by atoms with van der Waals surface area (Å²) in [6, 6.07) is 23.1. The molecular formula is C26H25ClN4O. The Balaban J connectivity index is 1.53. The highest BCUT2D eigenvalue weighted by atomic mass is 35.5. The van der Waals surface area contributed by atoms with Crippen LogP contribution in [-0.2, 0) is 13.0 Å². The number of aryl methyl sites for hydroxylation is 1. The first-order valence-corrected chi connectivity index (χ1v) is 10.8. The van der Waals surface area contributed by atoms with Crippen LogP contribution in [0.3, 0.4) is 0 Å². The maximum absolute atomic E-state index is 12.7. The molecule has 0 aliphatic heterocycles. The first-order chi connectivity index (χ1) is 15.4. The molecule has 1 heterocycles. The van der Waals surface area contributed by atoms with E-state index in [1.807, 2.05) is 85.3 Å². The van der Waals surface area contributed by atoms with Crippen LogP contribution in [0.5, 0.6) is 0 Å². The number of carbonyl (C=O) groups excluding carboxylic acids is 1. The minimum absolute atomic E-state index is 0.0867. The second-order valence-corrected chi connectivity index (χ2v) is 8.22. The smallest absolute Gasteiger partial charge is 0.251 e. The molecule has 0 spiro atoms. The van der Waals surface area contributed by atoms with Crippen molar-refractivity contribution in [2.75, 3.05) is 5.73 Å². The van der Waals surface area contributed by atoms with Crippen LogP contribution in [0.4, 0.5) is 5.69 Å². The molecule has 3 aromatic carbocycles. The van der Waals surface area contributed by atoms with Gasteiger partial charge in [0.15, 0.2) is 0 Å². The summed E-state index contributed by atoms with van der Waals surface area (Å²) >= 11 is 6.20. The average Bonchev–Trinajstić information content (AvgIpc) is 3.08. The number of aromatic nitrogens is 2. The van der Waals surface area contributed by atoms with Gasteiger partial charge in [-0.25, -0.2) is 4.68 Å². The number of nitrogen functional groups attached to an aromatic ring is 1. The lowest BCUT2D eigenvalue weighted by Gasteiger charge is -2.09. The van der Waals surface area contributed by atoms with Gasteiger partial charge in [-0.3, -0.25) is 4.79 Å². The third-order valence-electron chi connectivity index (χ3n) is 5.54. The van der Waals surface area contributed by atoms with E-state index >= 15 is 0 Å². The Kier molecular flexibility index (Phi) is 6.28. The molecule has 0 radical (unpaired) electrons. The van der Waals surface area contributed by atoms with Crippen LogP contribution < -0.4 is 11.1 Å². The molecule has 0 fully saturated rings. The van der Waals surface area contributed by atoms with E-state index in [-0.39, 0.29) is 5.91 Å². The van der Waals surface area contributed by atoms with E-state index in [4.69, 9.17) is 22.4 Å². The van der Waals surface area contributed by atoms with Gasteiger partial charge in [-0.15, -0.1) is 0 Å². The van der Waals surface area contributed by atoms with Crippen molar-refractivity contribution in [3.05, 3.63) is 111 Å². The topological polar surface area (TPSA) is 72.9 Å². The van der Waals surface area contributed by atoms with Crippen LogP contribution >= 0.6 is 11.6 Å². The maximum Gasteiger partial charge on any atom is 0.251 e. The molecule has 0 aliphatic carbocycles. The second-order valence-electron chi connectivity index (χ2n) is 7.81. The molecule has 4 aromatic rings. The Hall–Kier alpha value is -3.57. The summed E-state index contributed by atoms with van der Waals surface area (Å²) in [5.41, 5.74) is 13.1. The zero-order chi connectivity index (χ0) is 22.7. The summed E-state index contributed by atoms with van der Waals surface area (Å²) in [6.45, 7) is 4.53. The zero-order valence-corrected chi connectivity index (χ0v) is 18.9. The highest BCUT2D eigenvalue weighted by molar-refractivity contribution is 6.33. The number of hydrogen-bond acceptors (Lipinski definition) is 3. The standard InChI is InChI=1S/C26H25ClN4O/c1-17-23(18(2)31(30-17)22-11-12-25(28)24(27)15-22)14-20-9-6-10-21(13-20)26(32)29-16-19-7-4-3-5-8-19/h3-13,15H,14,16,28H2,1-2H3,(H,29,32). The second kappa shape index (κ2) is 9.28. The fourth-order valence-electron chi connectivity index (χ4n) is 3.74. The number of nitrogens with one attached hydrogen (secondary N) is 1. The predicted octanol–water partition coefficient (Wildman–Crippen LogP) is 5.25. The Morgan fingerprint density at radius 2 is 1.75 bits per heavy atom. The number of hydrogen-bond donors (Lipinski definition) is 2. The Morgan fingerprint density at radius 3 is 2.50 bits per heavy atom. The molecule has 0 unspecified atom stereocenters. The Labute approximate surface area is 192 Å². The van der Waals surface area contributed by atoms with E-state index in [2.05, 4.69) is 5.32 Å². The van der Waals surface area contributed by atoms with E-state index in [0.29, 0.717) is 29.2 Å². The van der Waals surface area contributed by atoms with Crippen LogP contribution in [0.25, 0.3) is 5.69 Å². The van der Waals surface area contributed by atoms with Gasteiger partial charge in [-0.1, -0.05) is 54.1 Å². The minimum atomic E-state index is -0.0867. The molecule has 0 atom stereocenters. The molecule has 4 rings (SSSR count). The highest BCUT2D eigenvalue weighted by Crippen LogP contribution is 2.25. The third-order valence-corrected chi connectivity index (χ3v) is 5.86. The normalized spacial score (nSPS) is 10.8. The number of amides is 1. The van der Waals surface area contributed by atoms with E-state index in [1.165, 1.54) is 0 Å². The Morgan fingerprint density at radius 1 is 1.00 bits per heavy atom. The van der Waals surface area contributed by atoms with E-state index in [0.717, 1.165) is 33.8 Å². The van der Waals surface area contributed by atoms with Gasteiger partial charge in [-0.2, -0.15) is 5.10 Å². The summed E-state index contributed by atoms with van der Waals surface area (Å²) in [7, 11) is 0. The molecule has 5 nitrogen and oxygen atoms in total. The monoisotopic (exact) mass is 444 g/mol. The SMILES string of the molecule is Cc1nn(-c2ccc(N)c(Cl)c2)c(C)c1Cc1cccc(C(=O)NCc2ccccc2)c1. The van der Waals surface area contributed by atoms with Gasteiger partial charge >= 0.3 is 0 Å². The summed E-state index contributed by atoms with van der Waals surface area (Å²) in [6.07, 6.45) is 0.681. The van der Waals surface area contributed by atoms with Gasteiger partial charge in [0, 0.05) is 29.8 Å². The lowest BCUT2D eigenvalue weighted by molar-refractivity contribution is 0.0951. The van der Waals surface area contributed by atoms with Crippen molar-refractivity contribution >= 4 is 23.2 Å². The minimum Gasteiger partial charge on any atom is -0.398 e. The molecule has 0 bridgehead atoms. The van der Waals surface area contributed by atoms with Gasteiger partial charge in [0.05, 0.1) is 22.1 Å². The summed E-state index contributed by atoms with van der Waals surface area (Å²) in [5.74, 6) is -0.0867. The van der Waals surface area contributed by atoms with Crippen molar-refractivity contribution in [2.45, 2.75) is 26.8 Å². The summed E-state index contributed by atoms with van der Waals surface area (Å²) in [4.78, 5) is 12.7. The number of nitrogens with zero attached hydrogens (tertiary/aromatic N) is 2. The molecule has 0 aliphatic rings. The highest BCUT2D eigenvalue weighted by Gasteiger charge is 2.15. The first-order valence-electron chi connectivity index (χ1n) is 10.4.